The number of rotatable bonds is 7. The molecular formula is C12H23BrN2. The van der Waals surface area contributed by atoms with Gasteiger partial charge in [0.2, 0.25) is 0 Å². The van der Waals surface area contributed by atoms with Crippen LogP contribution in [0.15, 0.2) is 0 Å². The number of alkyl halides is 1. The predicted octanol–water partition coefficient (Wildman–Crippen LogP) is 3.28. The molecule has 88 valence electrons. The van der Waals surface area contributed by atoms with Crippen molar-refractivity contribution in [2.24, 2.45) is 11.3 Å². The van der Waals surface area contributed by atoms with Crippen LogP contribution in [-0.4, -0.2) is 29.9 Å². The average molecular weight is 275 g/mol. The number of nitriles is 1. The summed E-state index contributed by atoms with van der Waals surface area (Å²) in [6.45, 7) is 12.0. The van der Waals surface area contributed by atoms with Gasteiger partial charge in [-0.2, -0.15) is 5.26 Å². The van der Waals surface area contributed by atoms with Gasteiger partial charge in [0.15, 0.2) is 0 Å². The van der Waals surface area contributed by atoms with Crippen LogP contribution in [-0.2, 0) is 0 Å². The first-order valence-electron chi connectivity index (χ1n) is 5.56. The standard InChI is InChI=1S/C12H23BrN2/c1-11(2)8-15(7-5-6-14)10-12(3,4)9-13/h11H,5,7-10H2,1-4H3. The Morgan fingerprint density at radius 2 is 2.00 bits per heavy atom. The van der Waals surface area contributed by atoms with Crippen LogP contribution in [0.4, 0.5) is 0 Å². The highest BCUT2D eigenvalue weighted by Crippen LogP contribution is 2.20. The zero-order chi connectivity index (χ0) is 11.9. The Balaban J connectivity index is 4.18. The molecule has 0 aromatic rings. The lowest BCUT2D eigenvalue weighted by molar-refractivity contribution is 0.180. The van der Waals surface area contributed by atoms with E-state index in [4.69, 9.17) is 5.26 Å². The second-order valence-corrected chi connectivity index (χ2v) is 5.90. The third kappa shape index (κ3) is 7.81. The molecule has 0 saturated carbocycles. The summed E-state index contributed by atoms with van der Waals surface area (Å²) >= 11 is 3.54. The fraction of sp³-hybridized carbons (Fsp3) is 0.917. The summed E-state index contributed by atoms with van der Waals surface area (Å²) in [4.78, 5) is 2.40. The summed E-state index contributed by atoms with van der Waals surface area (Å²) in [6.07, 6.45) is 0.630. The van der Waals surface area contributed by atoms with E-state index in [1.165, 1.54) is 0 Å². The third-order valence-electron chi connectivity index (χ3n) is 2.18. The van der Waals surface area contributed by atoms with Crippen molar-refractivity contribution in [1.29, 1.82) is 5.26 Å². The SMILES string of the molecule is CC(C)CN(CCC#N)CC(C)(C)CBr. The smallest absolute Gasteiger partial charge is 0.0635 e. The van der Waals surface area contributed by atoms with Gasteiger partial charge in [-0.25, -0.2) is 0 Å². The summed E-state index contributed by atoms with van der Waals surface area (Å²) in [6, 6.07) is 2.22. The molecule has 2 nitrogen and oxygen atoms in total. The molecule has 0 aliphatic heterocycles. The molecule has 0 amide bonds. The number of halogens is 1. The van der Waals surface area contributed by atoms with Crippen LogP contribution in [0.5, 0.6) is 0 Å². The summed E-state index contributed by atoms with van der Waals surface area (Å²) in [5.41, 5.74) is 0.282. The molecule has 0 atom stereocenters. The summed E-state index contributed by atoms with van der Waals surface area (Å²) in [5.74, 6) is 0.662. The summed E-state index contributed by atoms with van der Waals surface area (Å²) in [7, 11) is 0. The van der Waals surface area contributed by atoms with Crippen molar-refractivity contribution < 1.29 is 0 Å². The minimum absolute atomic E-state index is 0.282. The highest BCUT2D eigenvalue weighted by atomic mass is 79.9. The molecule has 0 N–H and O–H groups in total. The quantitative estimate of drug-likeness (QED) is 0.667. The Kier molecular flexibility index (Phi) is 7.21. The zero-order valence-electron chi connectivity index (χ0n) is 10.4. The maximum atomic E-state index is 8.62. The Bertz CT molecular complexity index is 206. The van der Waals surface area contributed by atoms with Crippen molar-refractivity contribution in [1.82, 2.24) is 4.90 Å². The predicted molar refractivity (Wildman–Crippen MR) is 69.1 cm³/mol. The molecule has 0 aromatic carbocycles. The number of hydrogen-bond donors (Lipinski definition) is 0. The van der Waals surface area contributed by atoms with Crippen molar-refractivity contribution in [2.45, 2.75) is 34.1 Å². The Hall–Kier alpha value is -0.0700. The van der Waals surface area contributed by atoms with Gasteiger partial charge in [0.1, 0.15) is 0 Å². The van der Waals surface area contributed by atoms with Crippen LogP contribution in [0, 0.1) is 22.7 Å². The molecule has 0 heterocycles. The number of hydrogen-bond acceptors (Lipinski definition) is 2. The molecule has 0 aliphatic carbocycles. The summed E-state index contributed by atoms with van der Waals surface area (Å²) < 4.78 is 0. The highest BCUT2D eigenvalue weighted by molar-refractivity contribution is 9.09. The first kappa shape index (κ1) is 14.9. The molecule has 0 aliphatic rings. The fourth-order valence-electron chi connectivity index (χ4n) is 1.61. The van der Waals surface area contributed by atoms with E-state index in [9.17, 15) is 0 Å². The maximum Gasteiger partial charge on any atom is 0.0635 e. The first-order chi connectivity index (χ1) is 6.91. The van der Waals surface area contributed by atoms with Crippen molar-refractivity contribution in [3.63, 3.8) is 0 Å². The van der Waals surface area contributed by atoms with Gasteiger partial charge in [0.05, 0.1) is 6.07 Å². The van der Waals surface area contributed by atoms with Crippen LogP contribution in [0.3, 0.4) is 0 Å². The molecular weight excluding hydrogens is 252 g/mol. The van der Waals surface area contributed by atoms with E-state index in [0.717, 1.165) is 25.0 Å². The van der Waals surface area contributed by atoms with Gasteiger partial charge in [-0.1, -0.05) is 43.6 Å². The molecule has 0 fully saturated rings. The molecule has 0 saturated heterocycles. The Morgan fingerprint density at radius 1 is 1.40 bits per heavy atom. The van der Waals surface area contributed by atoms with Crippen LogP contribution < -0.4 is 0 Å². The lowest BCUT2D eigenvalue weighted by Crippen LogP contribution is -2.38. The topological polar surface area (TPSA) is 27.0 Å². The molecule has 0 bridgehead atoms. The van der Waals surface area contributed by atoms with Gasteiger partial charge in [-0.05, 0) is 11.3 Å². The molecule has 15 heavy (non-hydrogen) atoms. The van der Waals surface area contributed by atoms with Crippen molar-refractivity contribution in [3.05, 3.63) is 0 Å². The lowest BCUT2D eigenvalue weighted by Gasteiger charge is -2.32. The van der Waals surface area contributed by atoms with Gasteiger partial charge in [0, 0.05) is 31.4 Å². The number of nitrogens with zero attached hydrogens (tertiary/aromatic N) is 2. The monoisotopic (exact) mass is 274 g/mol. The maximum absolute atomic E-state index is 8.62. The summed E-state index contributed by atoms with van der Waals surface area (Å²) in [5, 5.41) is 9.62. The first-order valence-corrected chi connectivity index (χ1v) is 6.68. The van der Waals surface area contributed by atoms with Crippen molar-refractivity contribution >= 4 is 15.9 Å². The lowest BCUT2D eigenvalue weighted by atomic mass is 9.95. The van der Waals surface area contributed by atoms with Crippen molar-refractivity contribution in [2.75, 3.05) is 25.0 Å². The van der Waals surface area contributed by atoms with E-state index in [-0.39, 0.29) is 5.41 Å². The van der Waals surface area contributed by atoms with Crippen molar-refractivity contribution in [3.8, 4) is 6.07 Å². The minimum Gasteiger partial charge on any atom is -0.301 e. The van der Waals surface area contributed by atoms with Crippen LogP contribution in [0.25, 0.3) is 0 Å². The van der Waals surface area contributed by atoms with Crippen LogP contribution in [0.2, 0.25) is 0 Å². The van der Waals surface area contributed by atoms with E-state index in [1.54, 1.807) is 0 Å². The second-order valence-electron chi connectivity index (χ2n) is 5.33. The molecule has 0 aromatic heterocycles. The van der Waals surface area contributed by atoms with Gasteiger partial charge < -0.3 is 4.90 Å². The third-order valence-corrected chi connectivity index (χ3v) is 3.69. The normalized spacial score (nSPS) is 12.1. The molecule has 0 radical (unpaired) electrons. The van der Waals surface area contributed by atoms with E-state index in [2.05, 4.69) is 54.6 Å². The molecule has 0 unspecified atom stereocenters. The van der Waals surface area contributed by atoms with E-state index in [0.29, 0.717) is 12.3 Å². The van der Waals surface area contributed by atoms with Gasteiger partial charge >= 0.3 is 0 Å². The van der Waals surface area contributed by atoms with E-state index >= 15 is 0 Å². The van der Waals surface area contributed by atoms with Gasteiger partial charge in [0.25, 0.3) is 0 Å². The largest absolute Gasteiger partial charge is 0.301 e. The average Bonchev–Trinajstić information content (AvgIpc) is 2.13. The van der Waals surface area contributed by atoms with Gasteiger partial charge in [-0.3, -0.25) is 0 Å². The van der Waals surface area contributed by atoms with E-state index in [1.807, 2.05) is 0 Å². The Morgan fingerprint density at radius 3 is 2.40 bits per heavy atom. The zero-order valence-corrected chi connectivity index (χ0v) is 12.0. The molecule has 0 spiro atoms. The van der Waals surface area contributed by atoms with E-state index < -0.39 is 0 Å². The fourth-order valence-corrected chi connectivity index (χ4v) is 1.78. The van der Waals surface area contributed by atoms with Crippen LogP contribution in [0.1, 0.15) is 34.1 Å². The van der Waals surface area contributed by atoms with Crippen LogP contribution >= 0.6 is 15.9 Å². The molecule has 3 heteroatoms. The molecule has 0 rings (SSSR count). The minimum atomic E-state index is 0.282. The Labute approximate surface area is 103 Å². The highest BCUT2D eigenvalue weighted by Gasteiger charge is 2.20. The second kappa shape index (κ2) is 7.24. The van der Waals surface area contributed by atoms with Gasteiger partial charge in [-0.15, -0.1) is 0 Å².